The number of benzene rings is 1. The van der Waals surface area contributed by atoms with E-state index in [1.807, 2.05) is 6.20 Å². The Bertz CT molecular complexity index is 494. The zero-order chi connectivity index (χ0) is 11.7. The summed E-state index contributed by atoms with van der Waals surface area (Å²) in [4.78, 5) is 7.86. The summed E-state index contributed by atoms with van der Waals surface area (Å²) < 4.78 is 0. The first-order chi connectivity index (χ1) is 8.31. The first-order valence-electron chi connectivity index (χ1n) is 6.13. The van der Waals surface area contributed by atoms with Gasteiger partial charge in [-0.2, -0.15) is 0 Å². The lowest BCUT2D eigenvalue weighted by atomic mass is 9.99. The van der Waals surface area contributed by atoms with Gasteiger partial charge in [0.2, 0.25) is 0 Å². The molecule has 0 unspecified atom stereocenters. The maximum absolute atomic E-state index is 4.45. The van der Waals surface area contributed by atoms with Gasteiger partial charge in [0, 0.05) is 6.42 Å². The molecule has 1 aliphatic rings. The SMILES string of the molecule is Cc1ccc(-c2cnc(CC3CNC3)[nH]2)cc1. The summed E-state index contributed by atoms with van der Waals surface area (Å²) in [5.41, 5.74) is 3.61. The Kier molecular flexibility index (Phi) is 2.69. The minimum absolute atomic E-state index is 0.756. The number of nitrogens with zero attached hydrogens (tertiary/aromatic N) is 1. The number of aromatic amines is 1. The van der Waals surface area contributed by atoms with Crippen LogP contribution in [0.1, 0.15) is 11.4 Å². The van der Waals surface area contributed by atoms with Crippen molar-refractivity contribution in [1.82, 2.24) is 15.3 Å². The summed E-state index contributed by atoms with van der Waals surface area (Å²) in [6.07, 6.45) is 2.99. The fourth-order valence-electron chi connectivity index (χ4n) is 2.11. The Labute approximate surface area is 101 Å². The summed E-state index contributed by atoms with van der Waals surface area (Å²) in [7, 11) is 0. The molecule has 1 fully saturated rings. The van der Waals surface area contributed by atoms with Gasteiger partial charge in [-0.05, 0) is 31.5 Å². The van der Waals surface area contributed by atoms with Crippen molar-refractivity contribution in [2.24, 2.45) is 5.92 Å². The van der Waals surface area contributed by atoms with Crippen LogP contribution >= 0.6 is 0 Å². The lowest BCUT2D eigenvalue weighted by molar-refractivity contribution is 0.342. The van der Waals surface area contributed by atoms with Crippen molar-refractivity contribution >= 4 is 0 Å². The Morgan fingerprint density at radius 1 is 1.24 bits per heavy atom. The highest BCUT2D eigenvalue weighted by Crippen LogP contribution is 2.19. The quantitative estimate of drug-likeness (QED) is 0.843. The zero-order valence-electron chi connectivity index (χ0n) is 10.0. The van der Waals surface area contributed by atoms with Gasteiger partial charge in [0.1, 0.15) is 5.82 Å². The van der Waals surface area contributed by atoms with E-state index in [1.54, 1.807) is 0 Å². The molecule has 1 saturated heterocycles. The number of H-pyrrole nitrogens is 1. The second-order valence-electron chi connectivity index (χ2n) is 4.84. The first-order valence-corrected chi connectivity index (χ1v) is 6.13. The Morgan fingerprint density at radius 3 is 2.65 bits per heavy atom. The molecule has 88 valence electrons. The van der Waals surface area contributed by atoms with Crippen LogP contribution in [0.2, 0.25) is 0 Å². The van der Waals surface area contributed by atoms with Crippen molar-refractivity contribution in [3.05, 3.63) is 41.9 Å². The summed E-state index contributed by atoms with van der Waals surface area (Å²) >= 11 is 0. The van der Waals surface area contributed by atoms with Crippen LogP contribution in [0.4, 0.5) is 0 Å². The molecule has 1 aromatic carbocycles. The highest BCUT2D eigenvalue weighted by Gasteiger charge is 2.18. The topological polar surface area (TPSA) is 40.7 Å². The van der Waals surface area contributed by atoms with Gasteiger partial charge in [-0.25, -0.2) is 4.98 Å². The second kappa shape index (κ2) is 4.34. The van der Waals surface area contributed by atoms with E-state index in [0.717, 1.165) is 36.9 Å². The lowest BCUT2D eigenvalue weighted by Crippen LogP contribution is -2.43. The highest BCUT2D eigenvalue weighted by atomic mass is 15.0. The van der Waals surface area contributed by atoms with E-state index in [0.29, 0.717) is 0 Å². The smallest absolute Gasteiger partial charge is 0.106 e. The molecular weight excluding hydrogens is 210 g/mol. The minimum atomic E-state index is 0.756. The summed E-state index contributed by atoms with van der Waals surface area (Å²) in [5, 5.41) is 3.28. The number of hydrogen-bond acceptors (Lipinski definition) is 2. The predicted octanol–water partition coefficient (Wildman–Crippen LogP) is 2.15. The number of aryl methyl sites for hydroxylation is 1. The van der Waals surface area contributed by atoms with E-state index in [2.05, 4.69) is 46.5 Å². The lowest BCUT2D eigenvalue weighted by Gasteiger charge is -2.25. The van der Waals surface area contributed by atoms with Gasteiger partial charge in [-0.1, -0.05) is 29.8 Å². The molecule has 0 aliphatic carbocycles. The van der Waals surface area contributed by atoms with Crippen molar-refractivity contribution in [3.63, 3.8) is 0 Å². The molecule has 1 aromatic heterocycles. The molecule has 3 heteroatoms. The Morgan fingerprint density at radius 2 is 2.00 bits per heavy atom. The summed E-state index contributed by atoms with van der Waals surface area (Å²) in [6.45, 7) is 4.35. The fraction of sp³-hybridized carbons (Fsp3) is 0.357. The molecule has 2 N–H and O–H groups in total. The van der Waals surface area contributed by atoms with E-state index >= 15 is 0 Å². The second-order valence-corrected chi connectivity index (χ2v) is 4.84. The first kappa shape index (κ1) is 10.5. The molecule has 0 atom stereocenters. The minimum Gasteiger partial charge on any atom is -0.342 e. The monoisotopic (exact) mass is 227 g/mol. The number of aromatic nitrogens is 2. The third-order valence-corrected chi connectivity index (χ3v) is 3.34. The van der Waals surface area contributed by atoms with Crippen molar-refractivity contribution in [1.29, 1.82) is 0 Å². The fourth-order valence-corrected chi connectivity index (χ4v) is 2.11. The van der Waals surface area contributed by atoms with E-state index in [1.165, 1.54) is 11.1 Å². The van der Waals surface area contributed by atoms with E-state index < -0.39 is 0 Å². The average molecular weight is 227 g/mol. The average Bonchev–Trinajstić information content (AvgIpc) is 2.73. The molecule has 0 amide bonds. The number of hydrogen-bond donors (Lipinski definition) is 2. The van der Waals surface area contributed by atoms with Crippen molar-refractivity contribution in [2.75, 3.05) is 13.1 Å². The summed E-state index contributed by atoms with van der Waals surface area (Å²) in [5.74, 6) is 1.86. The largest absolute Gasteiger partial charge is 0.342 e. The number of rotatable bonds is 3. The van der Waals surface area contributed by atoms with Crippen molar-refractivity contribution in [2.45, 2.75) is 13.3 Å². The van der Waals surface area contributed by atoms with Crippen LogP contribution in [0, 0.1) is 12.8 Å². The zero-order valence-corrected chi connectivity index (χ0v) is 10.0. The number of imidazole rings is 1. The standard InChI is InChI=1S/C14H17N3/c1-10-2-4-12(5-3-10)13-9-16-14(17-13)6-11-7-15-8-11/h2-5,9,11,15H,6-8H2,1H3,(H,16,17). The molecule has 1 aliphatic heterocycles. The van der Waals surface area contributed by atoms with Crippen LogP contribution in [0.25, 0.3) is 11.3 Å². The van der Waals surface area contributed by atoms with Gasteiger partial charge in [-0.15, -0.1) is 0 Å². The summed E-state index contributed by atoms with van der Waals surface area (Å²) in [6, 6.07) is 8.53. The molecule has 2 aromatic rings. The molecule has 3 nitrogen and oxygen atoms in total. The molecule has 0 saturated carbocycles. The van der Waals surface area contributed by atoms with Gasteiger partial charge in [0.05, 0.1) is 11.9 Å². The van der Waals surface area contributed by atoms with Crippen LogP contribution in [-0.4, -0.2) is 23.1 Å². The molecule has 0 radical (unpaired) electrons. The van der Waals surface area contributed by atoms with Gasteiger partial charge in [0.25, 0.3) is 0 Å². The number of nitrogens with one attached hydrogen (secondary N) is 2. The van der Waals surface area contributed by atoms with Crippen LogP contribution < -0.4 is 5.32 Å². The van der Waals surface area contributed by atoms with E-state index in [-0.39, 0.29) is 0 Å². The highest BCUT2D eigenvalue weighted by molar-refractivity contribution is 5.58. The van der Waals surface area contributed by atoms with Gasteiger partial charge in [0.15, 0.2) is 0 Å². The predicted molar refractivity (Wildman–Crippen MR) is 68.8 cm³/mol. The molecule has 3 rings (SSSR count). The Balaban J connectivity index is 1.76. The van der Waals surface area contributed by atoms with E-state index in [9.17, 15) is 0 Å². The molecular formula is C14H17N3. The maximum atomic E-state index is 4.45. The third-order valence-electron chi connectivity index (χ3n) is 3.34. The van der Waals surface area contributed by atoms with Crippen LogP contribution in [0.15, 0.2) is 30.5 Å². The van der Waals surface area contributed by atoms with Crippen LogP contribution in [0.5, 0.6) is 0 Å². The molecule has 17 heavy (non-hydrogen) atoms. The molecule has 0 spiro atoms. The van der Waals surface area contributed by atoms with Gasteiger partial charge < -0.3 is 10.3 Å². The normalized spacial score (nSPS) is 15.8. The Hall–Kier alpha value is -1.61. The maximum Gasteiger partial charge on any atom is 0.106 e. The van der Waals surface area contributed by atoms with E-state index in [4.69, 9.17) is 0 Å². The molecule has 0 bridgehead atoms. The van der Waals surface area contributed by atoms with Crippen LogP contribution in [0.3, 0.4) is 0 Å². The van der Waals surface area contributed by atoms with Gasteiger partial charge >= 0.3 is 0 Å². The van der Waals surface area contributed by atoms with Gasteiger partial charge in [-0.3, -0.25) is 0 Å². The van der Waals surface area contributed by atoms with Crippen molar-refractivity contribution < 1.29 is 0 Å². The van der Waals surface area contributed by atoms with Crippen molar-refractivity contribution in [3.8, 4) is 11.3 Å². The molecule has 2 heterocycles. The third kappa shape index (κ3) is 2.24. The van der Waals surface area contributed by atoms with Crippen LogP contribution in [-0.2, 0) is 6.42 Å².